The van der Waals surface area contributed by atoms with E-state index in [2.05, 4.69) is 0 Å². The first kappa shape index (κ1) is 7.63. The van der Waals surface area contributed by atoms with Crippen LogP contribution in [0.3, 0.4) is 0 Å². The number of rotatable bonds is 0. The SMILES string of the molecule is Nc1ccc(Cl)c(Cl)c1F. The average molecular weight is 180 g/mol. The highest BCUT2D eigenvalue weighted by Gasteiger charge is 2.06. The van der Waals surface area contributed by atoms with E-state index in [0.29, 0.717) is 0 Å². The van der Waals surface area contributed by atoms with Gasteiger partial charge in [0.25, 0.3) is 0 Å². The van der Waals surface area contributed by atoms with Crippen LogP contribution in [0, 0.1) is 5.82 Å². The highest BCUT2D eigenvalue weighted by Crippen LogP contribution is 2.27. The molecule has 0 saturated heterocycles. The molecule has 0 aliphatic rings. The number of hydrogen-bond donors (Lipinski definition) is 1. The molecular weight excluding hydrogens is 176 g/mol. The molecule has 0 amide bonds. The summed E-state index contributed by atoms with van der Waals surface area (Å²) in [7, 11) is 0. The molecule has 4 heteroatoms. The van der Waals surface area contributed by atoms with Crippen molar-refractivity contribution in [3.05, 3.63) is 28.0 Å². The second-order valence-corrected chi connectivity index (χ2v) is 2.55. The molecule has 0 aliphatic heterocycles. The van der Waals surface area contributed by atoms with Gasteiger partial charge in [0.05, 0.1) is 15.7 Å². The highest BCUT2D eigenvalue weighted by atomic mass is 35.5. The van der Waals surface area contributed by atoms with E-state index in [1.807, 2.05) is 0 Å². The smallest absolute Gasteiger partial charge is 0.166 e. The number of nitrogen functional groups attached to an aromatic ring is 1. The Morgan fingerprint density at radius 3 is 2.40 bits per heavy atom. The van der Waals surface area contributed by atoms with Gasteiger partial charge in [-0.3, -0.25) is 0 Å². The summed E-state index contributed by atoms with van der Waals surface area (Å²) in [4.78, 5) is 0. The van der Waals surface area contributed by atoms with E-state index in [-0.39, 0.29) is 15.7 Å². The van der Waals surface area contributed by atoms with Crippen LogP contribution in [0.1, 0.15) is 0 Å². The maximum absolute atomic E-state index is 12.7. The van der Waals surface area contributed by atoms with Gasteiger partial charge in [-0.1, -0.05) is 23.2 Å². The van der Waals surface area contributed by atoms with Crippen LogP contribution in [-0.4, -0.2) is 0 Å². The van der Waals surface area contributed by atoms with Crippen LogP contribution in [-0.2, 0) is 0 Å². The van der Waals surface area contributed by atoms with Gasteiger partial charge in [0, 0.05) is 0 Å². The van der Waals surface area contributed by atoms with E-state index < -0.39 is 5.82 Å². The number of nitrogens with two attached hydrogens (primary N) is 1. The fourth-order valence-corrected chi connectivity index (χ4v) is 0.859. The predicted molar refractivity (Wildman–Crippen MR) is 40.8 cm³/mol. The molecule has 0 fully saturated rings. The van der Waals surface area contributed by atoms with Crippen molar-refractivity contribution in [1.29, 1.82) is 0 Å². The zero-order valence-corrected chi connectivity index (χ0v) is 6.38. The number of anilines is 1. The predicted octanol–water partition coefficient (Wildman–Crippen LogP) is 2.71. The highest BCUT2D eigenvalue weighted by molar-refractivity contribution is 6.42. The van der Waals surface area contributed by atoms with Crippen LogP contribution in [0.4, 0.5) is 10.1 Å². The van der Waals surface area contributed by atoms with Crippen LogP contribution in [0.15, 0.2) is 12.1 Å². The lowest BCUT2D eigenvalue weighted by Crippen LogP contribution is -1.90. The molecule has 0 aromatic heterocycles. The Labute approximate surface area is 67.5 Å². The summed E-state index contributed by atoms with van der Waals surface area (Å²) >= 11 is 10.9. The second-order valence-electron chi connectivity index (χ2n) is 1.76. The molecule has 0 radical (unpaired) electrons. The quantitative estimate of drug-likeness (QED) is 0.482. The van der Waals surface area contributed by atoms with Crippen molar-refractivity contribution >= 4 is 28.9 Å². The van der Waals surface area contributed by atoms with Gasteiger partial charge in [-0.2, -0.15) is 0 Å². The minimum Gasteiger partial charge on any atom is -0.396 e. The van der Waals surface area contributed by atoms with Crippen LogP contribution in [0.5, 0.6) is 0 Å². The average Bonchev–Trinajstić information content (AvgIpc) is 1.93. The zero-order valence-electron chi connectivity index (χ0n) is 4.87. The maximum atomic E-state index is 12.7. The monoisotopic (exact) mass is 179 g/mol. The standard InChI is InChI=1S/C6H4Cl2FN/c7-3-1-2-4(10)6(9)5(3)8/h1-2H,10H2. The van der Waals surface area contributed by atoms with Crippen LogP contribution >= 0.6 is 23.2 Å². The Bertz CT molecular complexity index is 235. The summed E-state index contributed by atoms with van der Waals surface area (Å²) in [6.45, 7) is 0. The summed E-state index contributed by atoms with van der Waals surface area (Å²) in [5.74, 6) is -0.658. The van der Waals surface area contributed by atoms with Crippen LogP contribution in [0.25, 0.3) is 0 Å². The first-order valence-corrected chi connectivity index (χ1v) is 3.27. The maximum Gasteiger partial charge on any atom is 0.166 e. The van der Waals surface area contributed by atoms with Crippen molar-refractivity contribution in [2.75, 3.05) is 5.73 Å². The van der Waals surface area contributed by atoms with Gasteiger partial charge >= 0.3 is 0 Å². The van der Waals surface area contributed by atoms with Crippen molar-refractivity contribution in [2.45, 2.75) is 0 Å². The first-order chi connectivity index (χ1) is 4.63. The first-order valence-electron chi connectivity index (χ1n) is 2.52. The van der Waals surface area contributed by atoms with Gasteiger partial charge in [0.2, 0.25) is 0 Å². The van der Waals surface area contributed by atoms with Crippen molar-refractivity contribution in [1.82, 2.24) is 0 Å². The molecule has 0 unspecified atom stereocenters. The lowest BCUT2D eigenvalue weighted by atomic mass is 10.3. The van der Waals surface area contributed by atoms with Crippen LogP contribution in [0.2, 0.25) is 10.0 Å². The lowest BCUT2D eigenvalue weighted by Gasteiger charge is -1.98. The molecule has 0 aliphatic carbocycles. The van der Waals surface area contributed by atoms with Gasteiger partial charge in [-0.15, -0.1) is 0 Å². The summed E-state index contributed by atoms with van der Waals surface area (Å²) in [6, 6.07) is 2.81. The molecule has 2 N–H and O–H groups in total. The molecule has 10 heavy (non-hydrogen) atoms. The van der Waals surface area contributed by atoms with E-state index in [4.69, 9.17) is 28.9 Å². The summed E-state index contributed by atoms with van der Waals surface area (Å²) < 4.78 is 12.7. The molecule has 1 rings (SSSR count). The molecular formula is C6H4Cl2FN. The Morgan fingerprint density at radius 1 is 1.30 bits per heavy atom. The second kappa shape index (κ2) is 2.64. The Kier molecular flexibility index (Phi) is 2.02. The van der Waals surface area contributed by atoms with Gasteiger partial charge in [0.15, 0.2) is 5.82 Å². The lowest BCUT2D eigenvalue weighted by molar-refractivity contribution is 0.633. The molecule has 0 atom stereocenters. The largest absolute Gasteiger partial charge is 0.396 e. The van der Waals surface area contributed by atoms with Gasteiger partial charge in [-0.25, -0.2) is 4.39 Å². The number of benzene rings is 1. The molecule has 0 spiro atoms. The van der Waals surface area contributed by atoms with Crippen molar-refractivity contribution in [3.8, 4) is 0 Å². The fourth-order valence-electron chi connectivity index (χ4n) is 0.541. The number of hydrogen-bond acceptors (Lipinski definition) is 1. The molecule has 1 nitrogen and oxygen atoms in total. The third kappa shape index (κ3) is 1.18. The minimum absolute atomic E-state index is 0.00870. The molecule has 0 saturated carbocycles. The normalized spacial score (nSPS) is 9.90. The third-order valence-corrected chi connectivity index (χ3v) is 1.85. The van der Waals surface area contributed by atoms with Crippen molar-refractivity contribution in [3.63, 3.8) is 0 Å². The Balaban J connectivity index is 3.34. The summed E-state index contributed by atoms with van der Waals surface area (Å²) in [6.07, 6.45) is 0. The van der Waals surface area contributed by atoms with Gasteiger partial charge < -0.3 is 5.73 Å². The molecule has 0 bridgehead atoms. The summed E-state index contributed by atoms with van der Waals surface area (Å²) in [5, 5.41) is 0.0510. The fraction of sp³-hybridized carbons (Fsp3) is 0. The van der Waals surface area contributed by atoms with Crippen LogP contribution < -0.4 is 5.73 Å². The number of halogens is 3. The molecule has 54 valence electrons. The summed E-state index contributed by atoms with van der Waals surface area (Å²) in [5.41, 5.74) is 5.18. The van der Waals surface area contributed by atoms with E-state index in [9.17, 15) is 4.39 Å². The zero-order chi connectivity index (χ0) is 7.72. The molecule has 1 aromatic rings. The minimum atomic E-state index is -0.658. The Hall–Kier alpha value is -0.470. The van der Waals surface area contributed by atoms with E-state index in [1.54, 1.807) is 0 Å². The molecule has 1 aromatic carbocycles. The van der Waals surface area contributed by atoms with E-state index >= 15 is 0 Å². The van der Waals surface area contributed by atoms with E-state index in [1.165, 1.54) is 12.1 Å². The third-order valence-electron chi connectivity index (χ3n) is 1.07. The Morgan fingerprint density at radius 2 is 1.90 bits per heavy atom. The van der Waals surface area contributed by atoms with E-state index in [0.717, 1.165) is 0 Å². The van der Waals surface area contributed by atoms with Gasteiger partial charge in [-0.05, 0) is 12.1 Å². The van der Waals surface area contributed by atoms with Crippen molar-refractivity contribution < 1.29 is 4.39 Å². The topological polar surface area (TPSA) is 26.0 Å². The van der Waals surface area contributed by atoms with Crippen molar-refractivity contribution in [2.24, 2.45) is 0 Å². The van der Waals surface area contributed by atoms with Gasteiger partial charge in [0.1, 0.15) is 0 Å². The molecule has 0 heterocycles.